The van der Waals surface area contributed by atoms with Gasteiger partial charge in [0.05, 0.1) is 12.9 Å². The van der Waals surface area contributed by atoms with Crippen LogP contribution in [-0.2, 0) is 5.75 Å². The molecule has 0 N–H and O–H groups in total. The van der Waals surface area contributed by atoms with Crippen molar-refractivity contribution in [3.63, 3.8) is 0 Å². The maximum absolute atomic E-state index is 5.37. The zero-order chi connectivity index (χ0) is 20.5. The molecule has 4 aromatic rings. The van der Waals surface area contributed by atoms with Crippen LogP contribution in [0.1, 0.15) is 36.0 Å². The molecule has 30 heavy (non-hydrogen) atoms. The third kappa shape index (κ3) is 3.82. The predicted octanol–water partition coefficient (Wildman–Crippen LogP) is 4.80. The molecular weight excluding hydrogens is 398 g/mol. The molecule has 0 saturated heterocycles. The second-order valence-corrected chi connectivity index (χ2v) is 8.26. The van der Waals surface area contributed by atoms with Gasteiger partial charge in [-0.25, -0.2) is 0 Å². The van der Waals surface area contributed by atoms with E-state index in [4.69, 9.17) is 9.26 Å². The number of nitrogens with zero attached hydrogens (tertiary/aromatic N) is 5. The van der Waals surface area contributed by atoms with Crippen LogP contribution in [-0.4, -0.2) is 32.0 Å². The Kier molecular flexibility index (Phi) is 5.00. The van der Waals surface area contributed by atoms with Gasteiger partial charge in [-0.05, 0) is 56.2 Å². The lowest BCUT2D eigenvalue weighted by Crippen LogP contribution is -2.00. The van der Waals surface area contributed by atoms with Crippen LogP contribution in [0.25, 0.3) is 17.1 Å². The van der Waals surface area contributed by atoms with Gasteiger partial charge >= 0.3 is 0 Å². The van der Waals surface area contributed by atoms with Crippen molar-refractivity contribution in [2.45, 2.75) is 36.6 Å². The smallest absolute Gasteiger partial charge is 0.229 e. The highest BCUT2D eigenvalue weighted by Crippen LogP contribution is 2.39. The first kappa shape index (κ1) is 18.9. The summed E-state index contributed by atoms with van der Waals surface area (Å²) in [6.07, 6.45) is 2.28. The van der Waals surface area contributed by atoms with Gasteiger partial charge in [0.25, 0.3) is 0 Å². The average molecular weight is 420 g/mol. The fourth-order valence-corrected chi connectivity index (χ4v) is 3.96. The van der Waals surface area contributed by atoms with Crippen molar-refractivity contribution in [2.75, 3.05) is 7.11 Å². The second-order valence-electron chi connectivity index (χ2n) is 7.32. The number of hydrogen-bond acceptors (Lipinski definition) is 7. The summed E-state index contributed by atoms with van der Waals surface area (Å²) >= 11 is 1.55. The van der Waals surface area contributed by atoms with Crippen LogP contribution in [0, 0.1) is 6.92 Å². The van der Waals surface area contributed by atoms with Gasteiger partial charge in [0.2, 0.25) is 5.89 Å². The number of ether oxygens (including phenoxy) is 1. The van der Waals surface area contributed by atoms with Crippen LogP contribution >= 0.6 is 11.8 Å². The number of benzene rings is 2. The molecular formula is C22H21N5O2S. The summed E-state index contributed by atoms with van der Waals surface area (Å²) in [7, 11) is 1.66. The highest BCUT2D eigenvalue weighted by atomic mass is 32.2. The van der Waals surface area contributed by atoms with E-state index in [1.165, 1.54) is 5.56 Å². The second kappa shape index (κ2) is 7.95. The zero-order valence-electron chi connectivity index (χ0n) is 16.8. The summed E-state index contributed by atoms with van der Waals surface area (Å²) in [4.78, 5) is 4.52. The van der Waals surface area contributed by atoms with Crippen molar-refractivity contribution >= 4 is 11.8 Å². The first-order valence-corrected chi connectivity index (χ1v) is 10.8. The molecule has 152 valence electrons. The molecule has 5 rings (SSSR count). The molecule has 1 aliphatic rings. The van der Waals surface area contributed by atoms with Gasteiger partial charge in [0.1, 0.15) is 5.75 Å². The van der Waals surface area contributed by atoms with Gasteiger partial charge in [-0.1, -0.05) is 34.6 Å². The van der Waals surface area contributed by atoms with Gasteiger partial charge in [-0.15, -0.1) is 10.2 Å². The molecule has 0 radical (unpaired) electrons. The molecule has 0 atom stereocenters. The monoisotopic (exact) mass is 419 g/mol. The Bertz CT molecular complexity index is 1150. The Balaban J connectivity index is 1.47. The van der Waals surface area contributed by atoms with E-state index >= 15 is 0 Å². The maximum Gasteiger partial charge on any atom is 0.229 e. The van der Waals surface area contributed by atoms with Crippen molar-refractivity contribution in [2.24, 2.45) is 0 Å². The fourth-order valence-electron chi connectivity index (χ4n) is 3.17. The highest BCUT2D eigenvalue weighted by molar-refractivity contribution is 7.98. The summed E-state index contributed by atoms with van der Waals surface area (Å²) in [5.41, 5.74) is 3.17. The van der Waals surface area contributed by atoms with Crippen molar-refractivity contribution in [1.29, 1.82) is 0 Å². The SMILES string of the molecule is COc1ccc(-c2nnc(SCc3noc(C4CC4)n3)n2-c2ccc(C)cc2)cc1. The highest BCUT2D eigenvalue weighted by Gasteiger charge is 2.29. The first-order chi connectivity index (χ1) is 14.7. The molecule has 2 heterocycles. The Morgan fingerprint density at radius 2 is 1.83 bits per heavy atom. The van der Waals surface area contributed by atoms with Crippen molar-refractivity contribution < 1.29 is 9.26 Å². The molecule has 0 aliphatic heterocycles. The minimum atomic E-state index is 0.453. The number of hydrogen-bond donors (Lipinski definition) is 0. The lowest BCUT2D eigenvalue weighted by atomic mass is 10.2. The zero-order valence-corrected chi connectivity index (χ0v) is 17.6. The predicted molar refractivity (Wildman–Crippen MR) is 114 cm³/mol. The Morgan fingerprint density at radius 1 is 1.07 bits per heavy atom. The van der Waals surface area contributed by atoms with Crippen molar-refractivity contribution in [3.05, 3.63) is 65.8 Å². The molecule has 8 heteroatoms. The standard InChI is InChI=1S/C22H21N5O2S/c1-14-3-9-17(10-4-14)27-20(15-7-11-18(28-2)12-8-15)24-25-22(27)30-13-19-23-21(29-26-19)16-5-6-16/h3-4,7-12,16H,5-6,13H2,1-2H3. The van der Waals surface area contributed by atoms with Crippen LogP contribution < -0.4 is 4.74 Å². The van der Waals surface area contributed by atoms with Crippen LogP contribution in [0.15, 0.2) is 58.2 Å². The molecule has 1 saturated carbocycles. The van der Waals surface area contributed by atoms with Gasteiger partial charge in [-0.3, -0.25) is 4.57 Å². The number of thioether (sulfide) groups is 1. The van der Waals surface area contributed by atoms with Crippen LogP contribution in [0.4, 0.5) is 0 Å². The maximum atomic E-state index is 5.37. The van der Waals surface area contributed by atoms with E-state index in [0.29, 0.717) is 17.5 Å². The molecule has 0 spiro atoms. The summed E-state index contributed by atoms with van der Waals surface area (Å²) in [6.45, 7) is 2.07. The molecule has 1 fully saturated rings. The largest absolute Gasteiger partial charge is 0.497 e. The number of aromatic nitrogens is 5. The van der Waals surface area contributed by atoms with Crippen molar-refractivity contribution in [1.82, 2.24) is 24.9 Å². The average Bonchev–Trinajstić information content (AvgIpc) is 3.37. The molecule has 0 bridgehead atoms. The number of methoxy groups -OCH3 is 1. The summed E-state index contributed by atoms with van der Waals surface area (Å²) in [6, 6.07) is 16.2. The molecule has 1 aliphatic carbocycles. The Hall–Kier alpha value is -3.13. The molecule has 0 amide bonds. The molecule has 0 unspecified atom stereocenters. The van der Waals surface area contributed by atoms with Gasteiger partial charge < -0.3 is 9.26 Å². The van der Waals surface area contributed by atoms with Gasteiger partial charge in [0.15, 0.2) is 16.8 Å². The van der Waals surface area contributed by atoms with E-state index in [1.807, 2.05) is 24.3 Å². The van der Waals surface area contributed by atoms with Crippen LogP contribution in [0.3, 0.4) is 0 Å². The van der Waals surface area contributed by atoms with Gasteiger partial charge in [-0.2, -0.15) is 4.98 Å². The Morgan fingerprint density at radius 3 is 2.53 bits per heavy atom. The fraction of sp³-hybridized carbons (Fsp3) is 0.273. The van der Waals surface area contributed by atoms with E-state index in [-0.39, 0.29) is 0 Å². The topological polar surface area (TPSA) is 78.9 Å². The van der Waals surface area contributed by atoms with Crippen LogP contribution in [0.2, 0.25) is 0 Å². The quantitative estimate of drug-likeness (QED) is 0.398. The summed E-state index contributed by atoms with van der Waals surface area (Å²) < 4.78 is 12.7. The lowest BCUT2D eigenvalue weighted by Gasteiger charge is -2.11. The molecule has 7 nitrogen and oxygen atoms in total. The van der Waals surface area contributed by atoms with E-state index < -0.39 is 0 Å². The van der Waals surface area contributed by atoms with E-state index in [9.17, 15) is 0 Å². The van der Waals surface area contributed by atoms with E-state index in [1.54, 1.807) is 18.9 Å². The lowest BCUT2D eigenvalue weighted by molar-refractivity contribution is 0.375. The molecule has 2 aromatic heterocycles. The minimum absolute atomic E-state index is 0.453. The first-order valence-electron chi connectivity index (χ1n) is 9.83. The van der Waals surface area contributed by atoms with E-state index in [0.717, 1.165) is 46.7 Å². The molecule has 2 aromatic carbocycles. The minimum Gasteiger partial charge on any atom is -0.497 e. The summed E-state index contributed by atoms with van der Waals surface area (Å²) in [5.74, 6) is 4.04. The van der Waals surface area contributed by atoms with Gasteiger partial charge in [0, 0.05) is 17.2 Å². The summed E-state index contributed by atoms with van der Waals surface area (Å²) in [5, 5.41) is 13.8. The third-order valence-corrected chi connectivity index (χ3v) is 5.94. The van der Waals surface area contributed by atoms with Crippen molar-refractivity contribution in [3.8, 4) is 22.8 Å². The number of rotatable bonds is 7. The van der Waals surface area contributed by atoms with E-state index in [2.05, 4.69) is 56.1 Å². The Labute approximate surface area is 178 Å². The van der Waals surface area contributed by atoms with Crippen LogP contribution in [0.5, 0.6) is 5.75 Å². The number of aryl methyl sites for hydroxylation is 1. The third-order valence-electron chi connectivity index (χ3n) is 5.01. The normalized spacial score (nSPS) is 13.5.